The molecule has 5 rings (SSSR count). The molecule has 2 aliphatic rings. The lowest BCUT2D eigenvalue weighted by atomic mass is 9.78. The molecule has 178 valence electrons. The van der Waals surface area contributed by atoms with Crippen LogP contribution in [0.5, 0.6) is 5.75 Å². The number of unbranched alkanes of at least 4 members (excludes halogenated alkanes) is 1. The molecule has 3 aromatic carbocycles. The van der Waals surface area contributed by atoms with Crippen molar-refractivity contribution in [3.05, 3.63) is 101 Å². The summed E-state index contributed by atoms with van der Waals surface area (Å²) in [4.78, 5) is 2.74. The van der Waals surface area contributed by atoms with Crippen molar-refractivity contribution in [3.63, 3.8) is 0 Å². The van der Waals surface area contributed by atoms with Gasteiger partial charge >= 0.3 is 0 Å². The summed E-state index contributed by atoms with van der Waals surface area (Å²) in [6.07, 6.45) is 4.89. The summed E-state index contributed by atoms with van der Waals surface area (Å²) in [6.45, 7) is 5.52. The van der Waals surface area contributed by atoms with Crippen molar-refractivity contribution in [3.8, 4) is 5.75 Å². The first-order valence-corrected chi connectivity index (χ1v) is 13.0. The molecule has 3 heteroatoms. The van der Waals surface area contributed by atoms with E-state index in [-0.39, 0.29) is 0 Å². The molecule has 2 aliphatic heterocycles. The van der Waals surface area contributed by atoms with E-state index in [1.165, 1.54) is 54.6 Å². The molecule has 0 saturated carbocycles. The highest BCUT2D eigenvalue weighted by Gasteiger charge is 2.49. The normalized spacial score (nSPS) is 23.5. The van der Waals surface area contributed by atoms with Gasteiger partial charge < -0.3 is 10.1 Å². The summed E-state index contributed by atoms with van der Waals surface area (Å²) in [5, 5.41) is 4.04. The first-order chi connectivity index (χ1) is 16.8. The molecule has 0 amide bonds. The summed E-state index contributed by atoms with van der Waals surface area (Å²) >= 11 is 0. The van der Waals surface area contributed by atoms with Crippen molar-refractivity contribution in [2.45, 2.75) is 57.2 Å². The van der Waals surface area contributed by atoms with Gasteiger partial charge in [0, 0.05) is 36.7 Å². The van der Waals surface area contributed by atoms with Gasteiger partial charge in [-0.15, -0.1) is 0 Å². The summed E-state index contributed by atoms with van der Waals surface area (Å²) in [6, 6.07) is 29.9. The zero-order valence-electron chi connectivity index (χ0n) is 20.6. The number of ether oxygens (including phenoxy) is 1. The molecule has 3 aromatic rings. The SMILES string of the molecule is CCCCc1ccc(OC)c(CNC2C3CCN(C3)C2C(c2ccccc2)c2ccccc2)c1. The third-order valence-corrected chi connectivity index (χ3v) is 7.90. The van der Waals surface area contributed by atoms with Crippen molar-refractivity contribution in [1.82, 2.24) is 10.2 Å². The van der Waals surface area contributed by atoms with Gasteiger partial charge in [-0.05, 0) is 54.5 Å². The number of aryl methyl sites for hydroxylation is 1. The molecular weight excluding hydrogens is 416 g/mol. The van der Waals surface area contributed by atoms with Crippen LogP contribution in [0.25, 0.3) is 0 Å². The Morgan fingerprint density at radius 2 is 1.68 bits per heavy atom. The number of hydrogen-bond donors (Lipinski definition) is 1. The molecule has 0 spiro atoms. The zero-order chi connectivity index (χ0) is 23.3. The van der Waals surface area contributed by atoms with Gasteiger partial charge in [0.25, 0.3) is 0 Å². The lowest BCUT2D eigenvalue weighted by Crippen LogP contribution is -2.50. The van der Waals surface area contributed by atoms with Crippen LogP contribution in [0.15, 0.2) is 78.9 Å². The van der Waals surface area contributed by atoms with Crippen LogP contribution in [0, 0.1) is 5.92 Å². The molecule has 0 aromatic heterocycles. The van der Waals surface area contributed by atoms with Crippen molar-refractivity contribution in [2.24, 2.45) is 5.92 Å². The largest absolute Gasteiger partial charge is 0.496 e. The van der Waals surface area contributed by atoms with Gasteiger partial charge in [-0.3, -0.25) is 4.90 Å². The van der Waals surface area contributed by atoms with Gasteiger partial charge in [0.1, 0.15) is 5.75 Å². The number of fused-ring (bicyclic) bond motifs is 2. The average molecular weight is 455 g/mol. The maximum Gasteiger partial charge on any atom is 0.123 e. The molecule has 4 atom stereocenters. The second-order valence-electron chi connectivity index (χ2n) is 9.99. The van der Waals surface area contributed by atoms with E-state index in [2.05, 4.69) is 96.0 Å². The van der Waals surface area contributed by atoms with Gasteiger partial charge in [0.2, 0.25) is 0 Å². The highest BCUT2D eigenvalue weighted by molar-refractivity contribution is 5.39. The van der Waals surface area contributed by atoms with Gasteiger partial charge in [0.15, 0.2) is 0 Å². The molecule has 34 heavy (non-hydrogen) atoms. The Balaban J connectivity index is 1.42. The molecule has 2 bridgehead atoms. The fourth-order valence-electron chi connectivity index (χ4n) is 6.23. The number of methoxy groups -OCH3 is 1. The molecule has 0 aliphatic carbocycles. The van der Waals surface area contributed by atoms with E-state index in [0.29, 0.717) is 23.9 Å². The predicted octanol–water partition coefficient (Wildman–Crippen LogP) is 6.03. The fourth-order valence-corrected chi connectivity index (χ4v) is 6.23. The Morgan fingerprint density at radius 1 is 0.971 bits per heavy atom. The Bertz CT molecular complexity index is 1010. The quantitative estimate of drug-likeness (QED) is 0.405. The maximum atomic E-state index is 5.74. The first kappa shape index (κ1) is 23.1. The monoisotopic (exact) mass is 454 g/mol. The molecule has 2 heterocycles. The number of benzene rings is 3. The van der Waals surface area contributed by atoms with Crippen molar-refractivity contribution >= 4 is 0 Å². The minimum atomic E-state index is 0.364. The van der Waals surface area contributed by atoms with Gasteiger partial charge in [-0.2, -0.15) is 0 Å². The fraction of sp³-hybridized carbons (Fsp3) is 0.419. The second-order valence-corrected chi connectivity index (χ2v) is 9.99. The van der Waals surface area contributed by atoms with E-state index in [1.807, 2.05) is 0 Å². The number of nitrogens with one attached hydrogen (secondary N) is 1. The molecular formula is C31H38N2O. The van der Waals surface area contributed by atoms with E-state index in [0.717, 1.165) is 18.7 Å². The van der Waals surface area contributed by atoms with Crippen LogP contribution in [0.4, 0.5) is 0 Å². The number of piperidine rings is 1. The number of rotatable bonds is 10. The summed E-state index contributed by atoms with van der Waals surface area (Å²) in [7, 11) is 1.79. The lowest BCUT2D eigenvalue weighted by Gasteiger charge is -2.39. The van der Waals surface area contributed by atoms with Gasteiger partial charge in [0.05, 0.1) is 7.11 Å². The highest BCUT2D eigenvalue weighted by Crippen LogP contribution is 2.43. The van der Waals surface area contributed by atoms with E-state index in [4.69, 9.17) is 4.74 Å². The lowest BCUT2D eigenvalue weighted by molar-refractivity contribution is 0.197. The average Bonchev–Trinajstić information content (AvgIpc) is 3.50. The van der Waals surface area contributed by atoms with Crippen LogP contribution in [0.1, 0.15) is 54.4 Å². The summed E-state index contributed by atoms with van der Waals surface area (Å²) in [5.74, 6) is 2.06. The molecule has 1 N–H and O–H groups in total. The minimum Gasteiger partial charge on any atom is -0.496 e. The minimum absolute atomic E-state index is 0.364. The molecule has 2 saturated heterocycles. The predicted molar refractivity (Wildman–Crippen MR) is 140 cm³/mol. The highest BCUT2D eigenvalue weighted by atomic mass is 16.5. The van der Waals surface area contributed by atoms with E-state index >= 15 is 0 Å². The Kier molecular flexibility index (Phi) is 7.32. The molecule has 3 nitrogen and oxygen atoms in total. The van der Waals surface area contributed by atoms with Crippen molar-refractivity contribution in [2.75, 3.05) is 20.2 Å². The van der Waals surface area contributed by atoms with Crippen LogP contribution < -0.4 is 10.1 Å². The van der Waals surface area contributed by atoms with Crippen LogP contribution in [0.2, 0.25) is 0 Å². The van der Waals surface area contributed by atoms with Crippen LogP contribution in [-0.2, 0) is 13.0 Å². The summed E-state index contributed by atoms with van der Waals surface area (Å²) in [5.41, 5.74) is 5.53. The number of nitrogens with zero attached hydrogens (tertiary/aromatic N) is 1. The van der Waals surface area contributed by atoms with E-state index in [1.54, 1.807) is 7.11 Å². The van der Waals surface area contributed by atoms with Crippen LogP contribution in [-0.4, -0.2) is 37.2 Å². The summed E-state index contributed by atoms with van der Waals surface area (Å²) < 4.78 is 5.74. The van der Waals surface area contributed by atoms with E-state index in [9.17, 15) is 0 Å². The number of hydrogen-bond acceptors (Lipinski definition) is 3. The molecule has 4 unspecified atom stereocenters. The second kappa shape index (κ2) is 10.8. The molecule has 2 fully saturated rings. The maximum absolute atomic E-state index is 5.74. The van der Waals surface area contributed by atoms with Gasteiger partial charge in [-0.25, -0.2) is 0 Å². The van der Waals surface area contributed by atoms with Crippen LogP contribution in [0.3, 0.4) is 0 Å². The topological polar surface area (TPSA) is 24.5 Å². The van der Waals surface area contributed by atoms with Crippen molar-refractivity contribution < 1.29 is 4.74 Å². The standard InChI is InChI=1S/C31H38N2O/c1-3-4-11-23-16-17-28(34-2)27(20-23)21-32-30-26-18-19-33(22-26)31(30)29(24-12-7-5-8-13-24)25-14-9-6-10-15-25/h5-10,12-17,20,26,29-32H,3-4,11,18-19,21-22H2,1-2H3. The van der Waals surface area contributed by atoms with Crippen molar-refractivity contribution in [1.29, 1.82) is 0 Å². The molecule has 0 radical (unpaired) electrons. The van der Waals surface area contributed by atoms with Crippen LogP contribution >= 0.6 is 0 Å². The zero-order valence-corrected chi connectivity index (χ0v) is 20.6. The van der Waals surface area contributed by atoms with E-state index < -0.39 is 0 Å². The Hall–Kier alpha value is -2.62. The smallest absolute Gasteiger partial charge is 0.123 e. The Morgan fingerprint density at radius 3 is 2.32 bits per heavy atom. The Labute approximate surface area is 205 Å². The third-order valence-electron chi connectivity index (χ3n) is 7.90. The van der Waals surface area contributed by atoms with Gasteiger partial charge in [-0.1, -0.05) is 86.1 Å². The third kappa shape index (κ3) is 4.78. The first-order valence-electron chi connectivity index (χ1n) is 13.0.